The molecule has 102 valence electrons. The van der Waals surface area contributed by atoms with E-state index in [1.165, 1.54) is 5.57 Å². The molecule has 0 aliphatic rings. The number of allylic oxidation sites excluding steroid dienone is 4. The lowest BCUT2D eigenvalue weighted by Crippen LogP contribution is -2.21. The number of nitrogens with zero attached hydrogens (tertiary/aromatic N) is 1. The number of carbonyl (C=O) groups is 1. The minimum absolute atomic E-state index is 0.302. The Balaban J connectivity index is 2.66. The monoisotopic (exact) mass is 258 g/mol. The number of hydrogen-bond acceptors (Lipinski definition) is 2. The topological polar surface area (TPSA) is 56.0 Å². The van der Waals surface area contributed by atoms with Gasteiger partial charge in [0.15, 0.2) is 0 Å². The second-order valence-electron chi connectivity index (χ2n) is 4.62. The zero-order valence-electron chi connectivity index (χ0n) is 11.7. The Hall–Kier alpha value is -1.90. The molecule has 0 spiro atoms. The van der Waals surface area contributed by atoms with Gasteiger partial charge in [0.1, 0.15) is 0 Å². The first kappa shape index (κ1) is 15.2. The molecular formula is C16H22N2O. The van der Waals surface area contributed by atoms with Crippen molar-refractivity contribution in [2.45, 2.75) is 39.0 Å². The maximum Gasteiger partial charge on any atom is 0.225 e. The van der Waals surface area contributed by atoms with Crippen molar-refractivity contribution in [3.63, 3.8) is 0 Å². The highest BCUT2D eigenvalue weighted by Gasteiger charge is 2.15. The first-order chi connectivity index (χ1) is 9.15. The third-order valence-electron chi connectivity index (χ3n) is 2.94. The maximum atomic E-state index is 11.5. The van der Waals surface area contributed by atoms with Gasteiger partial charge in [0.05, 0.1) is 5.92 Å². The van der Waals surface area contributed by atoms with Crippen molar-refractivity contribution >= 4 is 5.91 Å². The van der Waals surface area contributed by atoms with Gasteiger partial charge in [-0.2, -0.15) is 0 Å². The number of unbranched alkanes of at least 4 members (excludes halogenated alkanes) is 1. The summed E-state index contributed by atoms with van der Waals surface area (Å²) in [5.74, 6) is -0.614. The van der Waals surface area contributed by atoms with Gasteiger partial charge in [-0.3, -0.25) is 9.78 Å². The first-order valence-electron chi connectivity index (χ1n) is 6.67. The summed E-state index contributed by atoms with van der Waals surface area (Å²) in [5, 5.41) is 0. The van der Waals surface area contributed by atoms with Gasteiger partial charge in [-0.15, -0.1) is 0 Å². The van der Waals surface area contributed by atoms with E-state index in [2.05, 4.69) is 24.9 Å². The Kier molecular flexibility index (Phi) is 6.58. The van der Waals surface area contributed by atoms with Crippen molar-refractivity contribution in [1.29, 1.82) is 0 Å². The number of rotatable bonds is 7. The number of pyridine rings is 1. The van der Waals surface area contributed by atoms with Crippen LogP contribution in [0.3, 0.4) is 0 Å². The average Bonchev–Trinajstić information content (AvgIpc) is 2.42. The molecule has 1 heterocycles. The van der Waals surface area contributed by atoms with Gasteiger partial charge in [-0.05, 0) is 31.4 Å². The van der Waals surface area contributed by atoms with Gasteiger partial charge >= 0.3 is 0 Å². The fourth-order valence-corrected chi connectivity index (χ4v) is 1.83. The number of hydrogen-bond donors (Lipinski definition) is 1. The molecule has 1 aromatic rings. The molecule has 1 amide bonds. The Morgan fingerprint density at radius 1 is 1.53 bits per heavy atom. The quantitative estimate of drug-likeness (QED) is 0.762. The normalized spacial score (nSPS) is 13.7. The number of amides is 1. The molecule has 1 unspecified atom stereocenters. The summed E-state index contributed by atoms with van der Waals surface area (Å²) in [7, 11) is 0. The van der Waals surface area contributed by atoms with Gasteiger partial charge in [-0.1, -0.05) is 43.2 Å². The largest absolute Gasteiger partial charge is 0.369 e. The van der Waals surface area contributed by atoms with E-state index < -0.39 is 0 Å². The van der Waals surface area contributed by atoms with Crippen molar-refractivity contribution in [2.75, 3.05) is 0 Å². The zero-order chi connectivity index (χ0) is 14.1. The summed E-state index contributed by atoms with van der Waals surface area (Å²) in [6.07, 6.45) is 12.5. The average molecular weight is 258 g/mol. The third-order valence-corrected chi connectivity index (χ3v) is 2.94. The van der Waals surface area contributed by atoms with Gasteiger partial charge in [0.2, 0.25) is 5.91 Å². The van der Waals surface area contributed by atoms with E-state index in [9.17, 15) is 4.79 Å². The van der Waals surface area contributed by atoms with E-state index in [0.29, 0.717) is 6.42 Å². The smallest absolute Gasteiger partial charge is 0.225 e. The second kappa shape index (κ2) is 8.25. The first-order valence-corrected chi connectivity index (χ1v) is 6.67. The van der Waals surface area contributed by atoms with Gasteiger partial charge in [0.25, 0.3) is 0 Å². The molecule has 1 atom stereocenters. The van der Waals surface area contributed by atoms with Crippen molar-refractivity contribution in [3.8, 4) is 0 Å². The van der Waals surface area contributed by atoms with Gasteiger partial charge in [-0.25, -0.2) is 0 Å². The maximum absolute atomic E-state index is 11.5. The van der Waals surface area contributed by atoms with Crippen LogP contribution in [0.1, 0.15) is 44.6 Å². The van der Waals surface area contributed by atoms with Crippen LogP contribution in [0.15, 0.2) is 48.3 Å². The standard InChI is InChI=1S/C16H22N2O/c1-3-4-7-13(2)8-5-10-15(16(17)19)14-9-6-11-18-12-14/h5-9,11-12,15H,3-4,10H2,1-2H3,(H2,17,19). The lowest BCUT2D eigenvalue weighted by Gasteiger charge is -2.10. The van der Waals surface area contributed by atoms with Crippen LogP contribution < -0.4 is 5.73 Å². The lowest BCUT2D eigenvalue weighted by molar-refractivity contribution is -0.119. The van der Waals surface area contributed by atoms with Crippen LogP contribution in [0.4, 0.5) is 0 Å². The number of nitrogens with two attached hydrogens (primary N) is 1. The molecule has 0 aliphatic heterocycles. The summed E-state index contributed by atoms with van der Waals surface area (Å²) in [6.45, 7) is 4.22. The number of carbonyl (C=O) groups excluding carboxylic acids is 1. The minimum Gasteiger partial charge on any atom is -0.369 e. The van der Waals surface area contributed by atoms with E-state index in [-0.39, 0.29) is 11.8 Å². The molecule has 1 aromatic heterocycles. The third kappa shape index (κ3) is 5.51. The van der Waals surface area contributed by atoms with Crippen molar-refractivity contribution < 1.29 is 4.79 Å². The molecule has 0 saturated carbocycles. The van der Waals surface area contributed by atoms with Crippen LogP contribution in [0.5, 0.6) is 0 Å². The molecule has 19 heavy (non-hydrogen) atoms. The Labute approximate surface area is 115 Å². The summed E-state index contributed by atoms with van der Waals surface area (Å²) in [4.78, 5) is 15.5. The highest BCUT2D eigenvalue weighted by molar-refractivity contribution is 5.82. The van der Waals surface area contributed by atoms with E-state index >= 15 is 0 Å². The van der Waals surface area contributed by atoms with Crippen LogP contribution in [0, 0.1) is 0 Å². The zero-order valence-corrected chi connectivity index (χ0v) is 11.7. The fraction of sp³-hybridized carbons (Fsp3) is 0.375. The highest BCUT2D eigenvalue weighted by Crippen LogP contribution is 2.19. The van der Waals surface area contributed by atoms with E-state index in [1.807, 2.05) is 24.3 Å². The van der Waals surface area contributed by atoms with Crippen LogP contribution >= 0.6 is 0 Å². The van der Waals surface area contributed by atoms with Crippen LogP contribution in [-0.4, -0.2) is 10.9 Å². The van der Waals surface area contributed by atoms with Gasteiger partial charge in [0, 0.05) is 12.4 Å². The molecule has 0 fully saturated rings. The molecule has 2 N–H and O–H groups in total. The molecule has 1 rings (SSSR count). The Morgan fingerprint density at radius 3 is 2.89 bits per heavy atom. The number of aromatic nitrogens is 1. The summed E-state index contributed by atoms with van der Waals surface area (Å²) in [6, 6.07) is 3.71. The van der Waals surface area contributed by atoms with E-state index in [4.69, 9.17) is 5.73 Å². The van der Waals surface area contributed by atoms with Crippen molar-refractivity contribution in [1.82, 2.24) is 4.98 Å². The summed E-state index contributed by atoms with van der Waals surface area (Å²) in [5.41, 5.74) is 7.54. The number of primary amides is 1. The van der Waals surface area contributed by atoms with Crippen LogP contribution in [0.2, 0.25) is 0 Å². The fourth-order valence-electron chi connectivity index (χ4n) is 1.83. The van der Waals surface area contributed by atoms with Crippen molar-refractivity contribution in [2.24, 2.45) is 5.73 Å². The molecular weight excluding hydrogens is 236 g/mol. The van der Waals surface area contributed by atoms with Crippen LogP contribution in [-0.2, 0) is 4.79 Å². The molecule has 3 nitrogen and oxygen atoms in total. The summed E-state index contributed by atoms with van der Waals surface area (Å²) < 4.78 is 0. The van der Waals surface area contributed by atoms with Gasteiger partial charge < -0.3 is 5.73 Å². The predicted octanol–water partition coefficient (Wildman–Crippen LogP) is 3.34. The predicted molar refractivity (Wildman–Crippen MR) is 78.6 cm³/mol. The van der Waals surface area contributed by atoms with Crippen LogP contribution in [0.25, 0.3) is 0 Å². The summed E-state index contributed by atoms with van der Waals surface area (Å²) >= 11 is 0. The molecule has 0 bridgehead atoms. The Bertz CT molecular complexity index is 449. The lowest BCUT2D eigenvalue weighted by atomic mass is 9.96. The minimum atomic E-state index is -0.312. The molecule has 0 aromatic carbocycles. The second-order valence-corrected chi connectivity index (χ2v) is 4.62. The SMILES string of the molecule is CCCC=C(C)C=CCC(C(N)=O)c1cccnc1. The molecule has 0 radical (unpaired) electrons. The molecule has 0 saturated heterocycles. The highest BCUT2D eigenvalue weighted by atomic mass is 16.1. The van der Waals surface area contributed by atoms with E-state index in [0.717, 1.165) is 18.4 Å². The Morgan fingerprint density at radius 2 is 2.32 bits per heavy atom. The molecule has 3 heteroatoms. The van der Waals surface area contributed by atoms with E-state index in [1.54, 1.807) is 12.4 Å². The molecule has 0 aliphatic carbocycles. The van der Waals surface area contributed by atoms with Crippen molar-refractivity contribution in [3.05, 3.63) is 53.9 Å².